The molecule has 0 heterocycles. The summed E-state index contributed by atoms with van der Waals surface area (Å²) in [6.07, 6.45) is 9.13. The predicted octanol–water partition coefficient (Wildman–Crippen LogP) is 13.8. The van der Waals surface area contributed by atoms with Gasteiger partial charge in [0.1, 0.15) is 0 Å². The van der Waals surface area contributed by atoms with Crippen molar-refractivity contribution < 1.29 is 21.3 Å². The van der Waals surface area contributed by atoms with Crippen molar-refractivity contribution in [1.29, 1.82) is 0 Å². The second-order valence-electron chi connectivity index (χ2n) is 14.8. The van der Waals surface area contributed by atoms with E-state index in [1.165, 1.54) is 36.6 Å². The summed E-state index contributed by atoms with van der Waals surface area (Å²) in [7, 11) is 0. The Morgan fingerprint density at radius 2 is 0.938 bits per heavy atom. The third-order valence-electron chi connectivity index (χ3n) is 9.41. The molecule has 248 valence electrons. The van der Waals surface area contributed by atoms with Gasteiger partial charge in [0.2, 0.25) is 0 Å². The molecule has 2 aliphatic carbocycles. The number of benzene rings is 4. The average molecular weight is 835 g/mol. The molecule has 0 bridgehead atoms. The zero-order valence-electron chi connectivity index (χ0n) is 27.8. The van der Waals surface area contributed by atoms with Crippen molar-refractivity contribution in [3.8, 4) is 11.1 Å². The standard InChI is InChI=1S/C21H25.C15H8Cl6.C5H5.Zr/c1-20(2,3)16-7-9-18-14(12-16)11-15-13-17(21(4,5)6)8-10-19(15)18;16-14(17,18)12-5-1-3-10(8-12)7-11-4-2-6-13(9-11)15(19,20)21;1-2-4-5-3-1;/h7-13H,1-6H3;1-6,8-9H;1-5H;. The molecule has 0 radical (unpaired) electrons. The van der Waals surface area contributed by atoms with E-state index in [9.17, 15) is 0 Å². The SMILES string of the molecule is CC(C)(C)c1ccc2c(c1)[CH]([Zr](=[C](c1cccc(C(Cl)(Cl)Cl)c1)c1cccc(C(Cl)(Cl)Cl)c1)[CH]1C=CC=C1)c1cc(C(C)(C)C)ccc1-2. The fourth-order valence-corrected chi connectivity index (χ4v) is 16.8. The number of alkyl halides is 6. The molecule has 7 heteroatoms. The van der Waals surface area contributed by atoms with Crippen molar-refractivity contribution in [2.75, 3.05) is 0 Å². The molecular formula is C41H38Cl6Zr. The Morgan fingerprint density at radius 1 is 0.521 bits per heavy atom. The summed E-state index contributed by atoms with van der Waals surface area (Å²) in [5.41, 5.74) is 11.4. The molecular weight excluding hydrogens is 796 g/mol. The summed E-state index contributed by atoms with van der Waals surface area (Å²) in [6, 6.07) is 30.4. The van der Waals surface area contributed by atoms with Gasteiger partial charge in [-0.1, -0.05) is 0 Å². The van der Waals surface area contributed by atoms with Crippen LogP contribution in [0.3, 0.4) is 0 Å². The first kappa shape index (κ1) is 36.6. The van der Waals surface area contributed by atoms with Crippen molar-refractivity contribution >= 4 is 72.8 Å². The van der Waals surface area contributed by atoms with Crippen LogP contribution in [0, 0.1) is 0 Å². The van der Waals surface area contributed by atoms with Crippen LogP contribution < -0.4 is 0 Å². The average Bonchev–Trinajstić information content (AvgIpc) is 3.64. The van der Waals surface area contributed by atoms with E-state index in [0.717, 1.165) is 11.1 Å². The molecule has 4 aromatic carbocycles. The van der Waals surface area contributed by atoms with Gasteiger partial charge in [-0.3, -0.25) is 0 Å². The topological polar surface area (TPSA) is 0 Å². The van der Waals surface area contributed by atoms with Gasteiger partial charge in [-0.15, -0.1) is 0 Å². The first-order valence-corrected chi connectivity index (χ1v) is 22.4. The minimum absolute atomic E-state index is 0.00836. The number of hydrogen-bond acceptors (Lipinski definition) is 0. The Bertz CT molecular complexity index is 1840. The van der Waals surface area contributed by atoms with Crippen molar-refractivity contribution in [3.63, 3.8) is 0 Å². The van der Waals surface area contributed by atoms with Gasteiger partial charge < -0.3 is 0 Å². The van der Waals surface area contributed by atoms with Crippen LogP contribution in [-0.4, -0.2) is 3.21 Å². The van der Waals surface area contributed by atoms with Crippen molar-refractivity contribution in [2.24, 2.45) is 0 Å². The van der Waals surface area contributed by atoms with Gasteiger partial charge in [0, 0.05) is 0 Å². The summed E-state index contributed by atoms with van der Waals surface area (Å²) >= 11 is 36.0. The molecule has 0 aromatic heterocycles. The molecule has 0 spiro atoms. The number of rotatable bonds is 4. The monoisotopic (exact) mass is 830 g/mol. The first-order chi connectivity index (χ1) is 22.3. The molecule has 6 rings (SSSR count). The van der Waals surface area contributed by atoms with Crippen LogP contribution in [0.15, 0.2) is 109 Å². The van der Waals surface area contributed by atoms with Crippen molar-refractivity contribution in [3.05, 3.63) is 154 Å². The number of halogens is 6. The molecule has 0 amide bonds. The third kappa shape index (κ3) is 7.42. The maximum atomic E-state index is 6.52. The molecule has 0 unspecified atom stereocenters. The minimum atomic E-state index is -3.08. The van der Waals surface area contributed by atoms with Gasteiger partial charge in [-0.25, -0.2) is 0 Å². The number of hydrogen-bond donors (Lipinski definition) is 0. The van der Waals surface area contributed by atoms with Crippen molar-refractivity contribution in [1.82, 2.24) is 0 Å². The van der Waals surface area contributed by atoms with Crippen LogP contribution in [0.5, 0.6) is 0 Å². The van der Waals surface area contributed by atoms with Gasteiger partial charge in [-0.2, -0.15) is 0 Å². The van der Waals surface area contributed by atoms with Crippen LogP contribution in [0.1, 0.15) is 89.7 Å². The van der Waals surface area contributed by atoms with Gasteiger partial charge >= 0.3 is 326 Å². The number of fused-ring (bicyclic) bond motifs is 3. The second kappa shape index (κ2) is 13.4. The summed E-state index contributed by atoms with van der Waals surface area (Å²) in [6.45, 7) is 13.7. The fraction of sp³-hybridized carbons (Fsp3) is 0.293. The molecule has 0 fully saturated rings. The Labute approximate surface area is 323 Å². The zero-order chi connectivity index (χ0) is 34.8. The second-order valence-corrected chi connectivity index (χ2v) is 25.9. The Morgan fingerprint density at radius 3 is 1.31 bits per heavy atom. The molecule has 0 nitrogen and oxygen atoms in total. The molecule has 48 heavy (non-hydrogen) atoms. The maximum absolute atomic E-state index is 6.52. The zero-order valence-corrected chi connectivity index (χ0v) is 34.8. The van der Waals surface area contributed by atoms with Gasteiger partial charge in [0.05, 0.1) is 0 Å². The quantitative estimate of drug-likeness (QED) is 0.180. The van der Waals surface area contributed by atoms with E-state index in [-0.39, 0.29) is 18.1 Å². The summed E-state index contributed by atoms with van der Waals surface area (Å²) in [5.74, 6) is 0. The van der Waals surface area contributed by atoms with Gasteiger partial charge in [0.15, 0.2) is 0 Å². The van der Waals surface area contributed by atoms with Crippen LogP contribution in [-0.2, 0) is 39.7 Å². The van der Waals surface area contributed by atoms with E-state index >= 15 is 0 Å². The van der Waals surface area contributed by atoms with Crippen LogP contribution in [0.25, 0.3) is 11.1 Å². The van der Waals surface area contributed by atoms with Crippen molar-refractivity contribution in [2.45, 2.75) is 67.2 Å². The summed E-state index contributed by atoms with van der Waals surface area (Å²) in [4.78, 5) is 0. The van der Waals surface area contributed by atoms with Crippen LogP contribution >= 0.6 is 69.6 Å². The van der Waals surface area contributed by atoms with Crippen LogP contribution in [0.4, 0.5) is 0 Å². The van der Waals surface area contributed by atoms with Gasteiger partial charge in [0.25, 0.3) is 0 Å². The fourth-order valence-electron chi connectivity index (χ4n) is 6.87. The molecule has 0 atom stereocenters. The molecule has 0 aliphatic heterocycles. The Kier molecular flexibility index (Phi) is 10.3. The summed E-state index contributed by atoms with van der Waals surface area (Å²) in [5, 5.41) is 0. The van der Waals surface area contributed by atoms with E-state index in [1.807, 2.05) is 36.4 Å². The molecule has 0 saturated carbocycles. The van der Waals surface area contributed by atoms with E-state index in [2.05, 4.69) is 114 Å². The Hall–Kier alpha value is -1.15. The van der Waals surface area contributed by atoms with E-state index in [4.69, 9.17) is 69.6 Å². The molecule has 2 aliphatic rings. The third-order valence-corrected chi connectivity index (χ3v) is 19.3. The first-order valence-electron chi connectivity index (χ1n) is 16.1. The van der Waals surface area contributed by atoms with E-state index < -0.39 is 28.9 Å². The Balaban J connectivity index is 1.78. The predicted molar refractivity (Wildman–Crippen MR) is 208 cm³/mol. The van der Waals surface area contributed by atoms with E-state index in [0.29, 0.717) is 11.1 Å². The molecule has 0 saturated heterocycles. The number of allylic oxidation sites excluding steroid dienone is 4. The summed E-state index contributed by atoms with van der Waals surface area (Å²) < 4.78 is -1.41. The van der Waals surface area contributed by atoms with Crippen LogP contribution in [0.2, 0.25) is 3.63 Å². The van der Waals surface area contributed by atoms with Gasteiger partial charge in [-0.05, 0) is 0 Å². The van der Waals surface area contributed by atoms with E-state index in [1.54, 1.807) is 0 Å². The molecule has 0 N–H and O–H groups in total. The molecule has 4 aromatic rings. The normalized spacial score (nSPS) is 15.2.